The number of fused-ring (bicyclic) bond motifs is 1. The number of anilines is 1. The van der Waals surface area contributed by atoms with Gasteiger partial charge in [-0.05, 0) is 19.1 Å². The number of benzene rings is 1. The molecule has 0 saturated heterocycles. The average Bonchev–Trinajstić information content (AvgIpc) is 3.13. The lowest BCUT2D eigenvalue weighted by Gasteiger charge is -2.12. The highest BCUT2D eigenvalue weighted by Crippen LogP contribution is 2.35. The summed E-state index contributed by atoms with van der Waals surface area (Å²) in [6.45, 7) is 1.68. The van der Waals surface area contributed by atoms with Crippen molar-refractivity contribution in [2.75, 3.05) is 12.1 Å². The Bertz CT molecular complexity index is 809. The number of hydrogen-bond donors (Lipinski definition) is 1. The largest absolute Gasteiger partial charge is 0.454 e. The van der Waals surface area contributed by atoms with E-state index in [1.807, 2.05) is 0 Å². The fraction of sp³-hybridized carbons (Fsp3) is 0.357. The molecule has 2 aromatic rings. The number of halogens is 3. The predicted octanol–water partition coefficient (Wildman–Crippen LogP) is 2.68. The minimum absolute atomic E-state index is 0.000613. The molecule has 1 amide bonds. The van der Waals surface area contributed by atoms with Crippen LogP contribution in [0, 0.1) is 0 Å². The van der Waals surface area contributed by atoms with Crippen LogP contribution in [0.1, 0.15) is 12.7 Å². The molecule has 1 N–H and O–H groups in total. The first-order valence-corrected chi connectivity index (χ1v) is 7.97. The van der Waals surface area contributed by atoms with Crippen molar-refractivity contribution in [3.05, 3.63) is 24.0 Å². The minimum Gasteiger partial charge on any atom is -0.454 e. The SMILES string of the molecule is C[C@@H](Sc1nnc(C(F)(F)F)n1C)C(=O)Nc1ccc2c(c1)OCO2. The first-order valence-electron chi connectivity index (χ1n) is 7.09. The molecule has 0 unspecified atom stereocenters. The van der Waals surface area contributed by atoms with E-state index in [1.165, 1.54) is 7.05 Å². The van der Waals surface area contributed by atoms with Crippen LogP contribution < -0.4 is 14.8 Å². The minimum atomic E-state index is -4.60. The van der Waals surface area contributed by atoms with Crippen molar-refractivity contribution in [3.63, 3.8) is 0 Å². The maximum atomic E-state index is 12.7. The molecule has 1 aromatic heterocycles. The number of nitrogens with zero attached hydrogens (tertiary/aromatic N) is 3. The summed E-state index contributed by atoms with van der Waals surface area (Å²) >= 11 is 0.881. The van der Waals surface area contributed by atoms with E-state index in [2.05, 4.69) is 15.5 Å². The number of hydrogen-bond acceptors (Lipinski definition) is 6. The van der Waals surface area contributed by atoms with Gasteiger partial charge in [-0.3, -0.25) is 4.79 Å². The molecule has 0 spiro atoms. The summed E-state index contributed by atoms with van der Waals surface area (Å²) in [5, 5.41) is 8.61. The van der Waals surface area contributed by atoms with Gasteiger partial charge >= 0.3 is 6.18 Å². The first-order chi connectivity index (χ1) is 11.8. The fourth-order valence-corrected chi connectivity index (χ4v) is 2.91. The summed E-state index contributed by atoms with van der Waals surface area (Å²) < 4.78 is 49.4. The van der Waals surface area contributed by atoms with Gasteiger partial charge in [0.2, 0.25) is 18.5 Å². The van der Waals surface area contributed by atoms with Crippen molar-refractivity contribution in [2.24, 2.45) is 7.05 Å². The smallest absolute Gasteiger partial charge is 0.451 e. The zero-order chi connectivity index (χ0) is 18.2. The van der Waals surface area contributed by atoms with E-state index in [9.17, 15) is 18.0 Å². The normalized spacial score (nSPS) is 14.4. The second kappa shape index (κ2) is 6.47. The monoisotopic (exact) mass is 374 g/mol. The lowest BCUT2D eigenvalue weighted by atomic mass is 10.2. The Hall–Kier alpha value is -2.43. The fourth-order valence-electron chi connectivity index (χ4n) is 2.09. The van der Waals surface area contributed by atoms with Gasteiger partial charge in [-0.2, -0.15) is 13.2 Å². The van der Waals surface area contributed by atoms with Crippen LogP contribution in [0.4, 0.5) is 18.9 Å². The van der Waals surface area contributed by atoms with Gasteiger partial charge in [-0.25, -0.2) is 0 Å². The molecule has 0 radical (unpaired) electrons. The molecule has 1 aliphatic heterocycles. The molecular weight excluding hydrogens is 361 g/mol. The molecule has 1 aromatic carbocycles. The van der Waals surface area contributed by atoms with Crippen molar-refractivity contribution in [2.45, 2.75) is 23.5 Å². The molecule has 2 heterocycles. The van der Waals surface area contributed by atoms with Crippen LogP contribution >= 0.6 is 11.8 Å². The van der Waals surface area contributed by atoms with Crippen LogP contribution in [0.5, 0.6) is 11.5 Å². The lowest BCUT2D eigenvalue weighted by molar-refractivity contribution is -0.147. The van der Waals surface area contributed by atoms with E-state index in [0.29, 0.717) is 17.2 Å². The van der Waals surface area contributed by atoms with E-state index in [4.69, 9.17) is 9.47 Å². The third-order valence-electron chi connectivity index (χ3n) is 3.38. The van der Waals surface area contributed by atoms with Crippen LogP contribution in [0.2, 0.25) is 0 Å². The predicted molar refractivity (Wildman–Crippen MR) is 82.5 cm³/mol. The molecule has 0 fully saturated rings. The second-order valence-corrected chi connectivity index (χ2v) is 6.49. The van der Waals surface area contributed by atoms with Gasteiger partial charge in [-0.15, -0.1) is 10.2 Å². The highest BCUT2D eigenvalue weighted by atomic mass is 32.2. The maximum absolute atomic E-state index is 12.7. The Morgan fingerprint density at radius 1 is 1.32 bits per heavy atom. The van der Waals surface area contributed by atoms with Gasteiger partial charge in [0.25, 0.3) is 0 Å². The Balaban J connectivity index is 1.66. The number of nitrogens with one attached hydrogen (secondary N) is 1. The van der Waals surface area contributed by atoms with Crippen LogP contribution in [0.3, 0.4) is 0 Å². The number of carbonyl (C=O) groups excluding carboxylic acids is 1. The highest BCUT2D eigenvalue weighted by Gasteiger charge is 2.37. The standard InChI is InChI=1S/C14H13F3N4O3S/c1-7(25-13-20-19-12(21(13)2)14(15,16)17)11(22)18-8-3-4-9-10(5-8)24-6-23-9/h3-5,7H,6H2,1-2H3,(H,18,22)/t7-/m1/s1. The Morgan fingerprint density at radius 2 is 2.04 bits per heavy atom. The molecule has 25 heavy (non-hydrogen) atoms. The number of amides is 1. The Morgan fingerprint density at radius 3 is 2.72 bits per heavy atom. The van der Waals surface area contributed by atoms with Crippen LogP contribution in [-0.2, 0) is 18.0 Å². The molecule has 1 atom stereocenters. The number of ether oxygens (including phenoxy) is 2. The topological polar surface area (TPSA) is 78.3 Å². The number of thioether (sulfide) groups is 1. The van der Waals surface area contributed by atoms with E-state index in [1.54, 1.807) is 25.1 Å². The van der Waals surface area contributed by atoms with Crippen LogP contribution in [0.15, 0.2) is 23.4 Å². The first kappa shape index (κ1) is 17.4. The summed E-state index contributed by atoms with van der Waals surface area (Å²) in [5.74, 6) is -0.404. The van der Waals surface area contributed by atoms with Crippen molar-refractivity contribution >= 4 is 23.4 Å². The van der Waals surface area contributed by atoms with Gasteiger partial charge < -0.3 is 19.4 Å². The van der Waals surface area contributed by atoms with Crippen LogP contribution in [0.25, 0.3) is 0 Å². The van der Waals surface area contributed by atoms with E-state index in [0.717, 1.165) is 16.3 Å². The summed E-state index contributed by atoms with van der Waals surface area (Å²) in [7, 11) is 1.20. The van der Waals surface area contributed by atoms with Gasteiger partial charge in [0.05, 0.1) is 5.25 Å². The molecule has 7 nitrogen and oxygen atoms in total. The Labute approximate surface area is 144 Å². The zero-order valence-electron chi connectivity index (χ0n) is 13.1. The van der Waals surface area contributed by atoms with Gasteiger partial charge in [0.1, 0.15) is 0 Å². The highest BCUT2D eigenvalue weighted by molar-refractivity contribution is 8.00. The maximum Gasteiger partial charge on any atom is 0.451 e. The van der Waals surface area contributed by atoms with E-state index >= 15 is 0 Å². The molecule has 0 bridgehead atoms. The molecular formula is C14H13F3N4O3S. The molecule has 1 aliphatic rings. The second-order valence-electron chi connectivity index (χ2n) is 5.18. The molecule has 11 heteroatoms. The van der Waals surface area contributed by atoms with Gasteiger partial charge in [0, 0.05) is 18.8 Å². The lowest BCUT2D eigenvalue weighted by Crippen LogP contribution is -2.23. The summed E-state index contributed by atoms with van der Waals surface area (Å²) in [6, 6.07) is 4.92. The zero-order valence-corrected chi connectivity index (χ0v) is 13.9. The van der Waals surface area contributed by atoms with Crippen molar-refractivity contribution in [3.8, 4) is 11.5 Å². The molecule has 0 aliphatic carbocycles. The van der Waals surface area contributed by atoms with E-state index in [-0.39, 0.29) is 17.9 Å². The summed E-state index contributed by atoms with van der Waals surface area (Å²) in [6.07, 6.45) is -4.60. The van der Waals surface area contributed by atoms with Crippen molar-refractivity contribution in [1.82, 2.24) is 14.8 Å². The molecule has 3 rings (SSSR count). The van der Waals surface area contributed by atoms with Crippen molar-refractivity contribution in [1.29, 1.82) is 0 Å². The molecule has 134 valence electrons. The summed E-state index contributed by atoms with van der Waals surface area (Å²) in [4.78, 5) is 12.2. The average molecular weight is 374 g/mol. The summed E-state index contributed by atoms with van der Waals surface area (Å²) in [5.41, 5.74) is 0.496. The quantitative estimate of drug-likeness (QED) is 0.829. The van der Waals surface area contributed by atoms with Crippen LogP contribution in [-0.4, -0.2) is 32.7 Å². The third kappa shape index (κ3) is 3.65. The van der Waals surface area contributed by atoms with Gasteiger partial charge in [-0.1, -0.05) is 11.8 Å². The number of alkyl halides is 3. The molecule has 0 saturated carbocycles. The Kier molecular flexibility index (Phi) is 4.50. The number of rotatable bonds is 4. The third-order valence-corrected chi connectivity index (χ3v) is 4.51. The number of carbonyl (C=O) groups is 1. The van der Waals surface area contributed by atoms with Gasteiger partial charge in [0.15, 0.2) is 16.7 Å². The van der Waals surface area contributed by atoms with Crippen molar-refractivity contribution < 1.29 is 27.4 Å². The van der Waals surface area contributed by atoms with E-state index < -0.39 is 17.3 Å². The number of aromatic nitrogens is 3.